The van der Waals surface area contributed by atoms with E-state index in [4.69, 9.17) is 18.9 Å². The molecule has 0 saturated carbocycles. The topological polar surface area (TPSA) is 71.1 Å². The summed E-state index contributed by atoms with van der Waals surface area (Å²) >= 11 is 0. The van der Waals surface area contributed by atoms with Crippen LogP contribution in [-0.2, 0) is 28.5 Å². The predicted octanol–water partition coefficient (Wildman–Crippen LogP) is 0.842. The van der Waals surface area contributed by atoms with Crippen molar-refractivity contribution < 1.29 is 28.5 Å². The molecular weight excluding hydrogens is 276 g/mol. The molecule has 0 unspecified atom stereocenters. The van der Waals surface area contributed by atoms with Crippen molar-refractivity contribution in [2.75, 3.05) is 7.11 Å². The Bertz CT molecular complexity index is 630. The van der Waals surface area contributed by atoms with Crippen LogP contribution in [-0.4, -0.2) is 37.0 Å². The van der Waals surface area contributed by atoms with Gasteiger partial charge in [0.1, 0.15) is 6.10 Å². The Balaban J connectivity index is 1.78. The molecule has 4 aliphatic rings. The molecule has 0 aromatic carbocycles. The molecule has 0 aromatic heterocycles. The van der Waals surface area contributed by atoms with Crippen LogP contribution in [0, 0.1) is 11.8 Å². The number of allylic oxidation sites excluding steroid dienone is 2. The summed E-state index contributed by atoms with van der Waals surface area (Å²) in [4.78, 5) is 23.8. The fourth-order valence-corrected chi connectivity index (χ4v) is 3.74. The average molecular weight is 290 g/mol. The van der Waals surface area contributed by atoms with Crippen LogP contribution < -0.4 is 0 Å². The Morgan fingerprint density at radius 3 is 3.00 bits per heavy atom. The predicted molar refractivity (Wildman–Crippen MR) is 68.5 cm³/mol. The number of hydrogen-bond acceptors (Lipinski definition) is 6. The fraction of sp³-hybridized carbons (Fsp3) is 0.467. The molecule has 4 rings (SSSR count). The lowest BCUT2D eigenvalue weighted by Crippen LogP contribution is -2.43. The highest BCUT2D eigenvalue weighted by Gasteiger charge is 2.70. The van der Waals surface area contributed by atoms with Crippen LogP contribution in [0.5, 0.6) is 0 Å². The van der Waals surface area contributed by atoms with Gasteiger partial charge in [0.15, 0.2) is 5.60 Å². The second-order valence-corrected chi connectivity index (χ2v) is 5.48. The Hall–Kier alpha value is -2.08. The van der Waals surface area contributed by atoms with E-state index in [-0.39, 0.29) is 17.8 Å². The molecule has 0 N–H and O–H groups in total. The van der Waals surface area contributed by atoms with Crippen LogP contribution in [0.25, 0.3) is 0 Å². The number of carbonyl (C=O) groups is 2. The van der Waals surface area contributed by atoms with Gasteiger partial charge in [0.25, 0.3) is 0 Å². The highest BCUT2D eigenvalue weighted by atomic mass is 16.7. The van der Waals surface area contributed by atoms with Crippen molar-refractivity contribution in [1.82, 2.24) is 0 Å². The SMILES string of the molecule is C/C=C1/C(=O)O[C@@]23C=C[C@H]4C(C(=O)OC)=CO[C@H](O[C@@H]12)[C@H]43. The molecule has 6 heteroatoms. The standard InChI is InChI=1S/C15H14O6/c1-3-7-11-15(21-13(7)17)5-4-8-9(12(16)18-2)6-19-14(20-11)10(8)15/h3-6,8,10-11,14H,1-2H3/b7-3+/t8-,10-,11-,14+,15+/m0/s1. The van der Waals surface area contributed by atoms with Gasteiger partial charge in [-0.25, -0.2) is 9.59 Å². The second kappa shape index (κ2) is 3.98. The zero-order chi connectivity index (χ0) is 14.8. The molecule has 0 radical (unpaired) electrons. The summed E-state index contributed by atoms with van der Waals surface area (Å²) in [6, 6.07) is 0. The number of esters is 2. The molecule has 0 amide bonds. The number of rotatable bonds is 1. The van der Waals surface area contributed by atoms with Crippen molar-refractivity contribution in [3.05, 3.63) is 35.6 Å². The molecule has 3 aliphatic heterocycles. The summed E-state index contributed by atoms with van der Waals surface area (Å²) in [5, 5.41) is 0. The third kappa shape index (κ3) is 1.35. The van der Waals surface area contributed by atoms with E-state index < -0.39 is 24.0 Å². The highest BCUT2D eigenvalue weighted by molar-refractivity contribution is 5.94. The van der Waals surface area contributed by atoms with Crippen molar-refractivity contribution in [3.63, 3.8) is 0 Å². The minimum absolute atomic E-state index is 0.231. The lowest BCUT2D eigenvalue weighted by Gasteiger charge is -2.32. The Labute approximate surface area is 121 Å². The van der Waals surface area contributed by atoms with Gasteiger partial charge in [0.2, 0.25) is 6.29 Å². The van der Waals surface area contributed by atoms with E-state index in [1.165, 1.54) is 13.4 Å². The van der Waals surface area contributed by atoms with Crippen LogP contribution in [0.4, 0.5) is 0 Å². The third-order valence-corrected chi connectivity index (χ3v) is 4.65. The second-order valence-electron chi connectivity index (χ2n) is 5.48. The Morgan fingerprint density at radius 1 is 1.48 bits per heavy atom. The Kier molecular flexibility index (Phi) is 2.39. The van der Waals surface area contributed by atoms with Crippen molar-refractivity contribution in [2.45, 2.75) is 24.9 Å². The molecule has 2 saturated heterocycles. The van der Waals surface area contributed by atoms with Gasteiger partial charge in [0.05, 0.1) is 30.4 Å². The van der Waals surface area contributed by atoms with Crippen molar-refractivity contribution in [2.24, 2.45) is 11.8 Å². The summed E-state index contributed by atoms with van der Waals surface area (Å²) in [6.07, 6.45) is 5.77. The molecule has 1 aliphatic carbocycles. The smallest absolute Gasteiger partial charge is 0.337 e. The van der Waals surface area contributed by atoms with Gasteiger partial charge in [-0.05, 0) is 13.0 Å². The first kappa shape index (κ1) is 12.6. The summed E-state index contributed by atoms with van der Waals surface area (Å²) < 4.78 is 21.8. The van der Waals surface area contributed by atoms with E-state index in [0.717, 1.165) is 0 Å². The van der Waals surface area contributed by atoms with Gasteiger partial charge in [-0.3, -0.25) is 0 Å². The van der Waals surface area contributed by atoms with Crippen molar-refractivity contribution in [3.8, 4) is 0 Å². The maximum absolute atomic E-state index is 12.0. The number of methoxy groups -OCH3 is 1. The van der Waals surface area contributed by atoms with E-state index in [1.54, 1.807) is 13.0 Å². The molecule has 3 heterocycles. The number of carbonyl (C=O) groups excluding carboxylic acids is 2. The first-order valence-electron chi connectivity index (χ1n) is 6.80. The summed E-state index contributed by atoms with van der Waals surface area (Å²) in [5.41, 5.74) is 0.0425. The van der Waals surface area contributed by atoms with Crippen LogP contribution >= 0.6 is 0 Å². The van der Waals surface area contributed by atoms with E-state index >= 15 is 0 Å². The van der Waals surface area contributed by atoms with Crippen LogP contribution in [0.2, 0.25) is 0 Å². The molecule has 6 nitrogen and oxygen atoms in total. The normalized spacial score (nSPS) is 44.0. The molecule has 2 fully saturated rings. The van der Waals surface area contributed by atoms with Gasteiger partial charge in [-0.15, -0.1) is 0 Å². The summed E-state index contributed by atoms with van der Waals surface area (Å²) in [7, 11) is 1.32. The summed E-state index contributed by atoms with van der Waals surface area (Å²) in [5.74, 6) is -1.31. The minimum Gasteiger partial charge on any atom is -0.471 e. The minimum atomic E-state index is -0.873. The van der Waals surface area contributed by atoms with Crippen LogP contribution in [0.3, 0.4) is 0 Å². The molecule has 5 atom stereocenters. The maximum atomic E-state index is 12.0. The lowest BCUT2D eigenvalue weighted by atomic mass is 9.78. The van der Waals surface area contributed by atoms with Gasteiger partial charge in [-0.2, -0.15) is 0 Å². The molecule has 1 spiro atoms. The van der Waals surface area contributed by atoms with Gasteiger partial charge >= 0.3 is 11.9 Å². The van der Waals surface area contributed by atoms with Gasteiger partial charge in [-0.1, -0.05) is 12.2 Å². The highest BCUT2D eigenvalue weighted by Crippen LogP contribution is 2.57. The first-order valence-corrected chi connectivity index (χ1v) is 6.80. The molecule has 0 bridgehead atoms. The maximum Gasteiger partial charge on any atom is 0.337 e. The van der Waals surface area contributed by atoms with Crippen LogP contribution in [0.15, 0.2) is 35.6 Å². The van der Waals surface area contributed by atoms with E-state index in [0.29, 0.717) is 11.1 Å². The lowest BCUT2D eigenvalue weighted by molar-refractivity contribution is -0.152. The first-order chi connectivity index (χ1) is 10.1. The van der Waals surface area contributed by atoms with Crippen molar-refractivity contribution >= 4 is 11.9 Å². The average Bonchev–Trinajstić information content (AvgIpc) is 3.08. The number of ether oxygens (including phenoxy) is 4. The third-order valence-electron chi connectivity index (χ3n) is 4.65. The van der Waals surface area contributed by atoms with Crippen LogP contribution in [0.1, 0.15) is 6.92 Å². The van der Waals surface area contributed by atoms with Crippen molar-refractivity contribution in [1.29, 1.82) is 0 Å². The van der Waals surface area contributed by atoms with Gasteiger partial charge < -0.3 is 18.9 Å². The Morgan fingerprint density at radius 2 is 2.29 bits per heavy atom. The molecular formula is C15H14O6. The largest absolute Gasteiger partial charge is 0.471 e. The zero-order valence-electron chi connectivity index (χ0n) is 11.6. The zero-order valence-corrected chi connectivity index (χ0v) is 11.6. The number of hydrogen-bond donors (Lipinski definition) is 0. The molecule has 21 heavy (non-hydrogen) atoms. The molecule has 0 aromatic rings. The van der Waals surface area contributed by atoms with Gasteiger partial charge in [0, 0.05) is 5.92 Å². The fourth-order valence-electron chi connectivity index (χ4n) is 3.74. The quantitative estimate of drug-likeness (QED) is 0.405. The van der Waals surface area contributed by atoms with E-state index in [9.17, 15) is 9.59 Å². The molecule has 110 valence electrons. The van der Waals surface area contributed by atoms with E-state index in [1.807, 2.05) is 12.2 Å². The van der Waals surface area contributed by atoms with E-state index in [2.05, 4.69) is 0 Å². The monoisotopic (exact) mass is 290 g/mol. The summed E-state index contributed by atoms with van der Waals surface area (Å²) in [6.45, 7) is 1.77.